The van der Waals surface area contributed by atoms with Gasteiger partial charge in [0.05, 0.1) is 12.6 Å². The van der Waals surface area contributed by atoms with Gasteiger partial charge in [-0.1, -0.05) is 12.1 Å². The highest BCUT2D eigenvalue weighted by atomic mass is 19.1. The Labute approximate surface area is 159 Å². The van der Waals surface area contributed by atoms with Gasteiger partial charge in [0.15, 0.2) is 0 Å². The van der Waals surface area contributed by atoms with Crippen molar-refractivity contribution >= 4 is 5.91 Å². The fourth-order valence-electron chi connectivity index (χ4n) is 3.44. The molecule has 2 heterocycles. The van der Waals surface area contributed by atoms with E-state index in [1.54, 1.807) is 23.9 Å². The quantitative estimate of drug-likeness (QED) is 0.774. The zero-order valence-electron chi connectivity index (χ0n) is 15.6. The molecule has 1 amide bonds. The number of hydrogen-bond acceptors (Lipinski definition) is 4. The Morgan fingerprint density at radius 3 is 2.81 bits per heavy atom. The number of carbonyl (C=O) groups is 1. The van der Waals surface area contributed by atoms with Gasteiger partial charge in [-0.3, -0.25) is 9.48 Å². The number of nitrogens with zero attached hydrogens (tertiary/aromatic N) is 3. The first-order chi connectivity index (χ1) is 13.0. The first-order valence-corrected chi connectivity index (χ1v) is 9.42. The summed E-state index contributed by atoms with van der Waals surface area (Å²) in [6.07, 6.45) is 4.58. The molecule has 146 valence electrons. The third-order valence-corrected chi connectivity index (χ3v) is 5.09. The first kappa shape index (κ1) is 19.5. The summed E-state index contributed by atoms with van der Waals surface area (Å²) in [6.45, 7) is 4.69. The standard InChI is InChI=1S/C20H27FN4O2/c1-15-3-4-16(11-19(15)21)12-22-20(27)17-5-9-24(10-6-17)13-18(26)14-25-8-2-7-23-25/h2-4,7-8,11,17-18,26H,5-6,9-10,12-14H2,1H3,(H,22,27)/t18-/m1/s1. The molecule has 1 aliphatic heterocycles. The zero-order chi connectivity index (χ0) is 19.2. The number of likely N-dealkylation sites (tertiary alicyclic amines) is 1. The second-order valence-corrected chi connectivity index (χ2v) is 7.26. The number of β-amino-alcohol motifs (C(OH)–C–C–N with tert-alkyl or cyclic N) is 1. The summed E-state index contributed by atoms with van der Waals surface area (Å²) in [6, 6.07) is 6.87. The number of rotatable bonds is 7. The molecule has 0 aliphatic carbocycles. The van der Waals surface area contributed by atoms with E-state index in [0.717, 1.165) is 31.5 Å². The van der Waals surface area contributed by atoms with Gasteiger partial charge in [-0.2, -0.15) is 5.10 Å². The van der Waals surface area contributed by atoms with E-state index in [-0.39, 0.29) is 17.6 Å². The highest BCUT2D eigenvalue weighted by molar-refractivity contribution is 5.78. The minimum absolute atomic E-state index is 0.0210. The summed E-state index contributed by atoms with van der Waals surface area (Å²) in [5.41, 5.74) is 1.37. The third kappa shape index (κ3) is 5.61. The van der Waals surface area contributed by atoms with E-state index in [2.05, 4.69) is 15.3 Å². The van der Waals surface area contributed by atoms with Crippen LogP contribution in [0.3, 0.4) is 0 Å². The van der Waals surface area contributed by atoms with Gasteiger partial charge in [0.1, 0.15) is 5.82 Å². The van der Waals surface area contributed by atoms with E-state index >= 15 is 0 Å². The number of benzene rings is 1. The van der Waals surface area contributed by atoms with Gasteiger partial charge in [-0.05, 0) is 56.1 Å². The lowest BCUT2D eigenvalue weighted by atomic mass is 9.95. The van der Waals surface area contributed by atoms with E-state index < -0.39 is 6.10 Å². The molecule has 1 saturated heterocycles. The van der Waals surface area contributed by atoms with Gasteiger partial charge in [0, 0.05) is 31.4 Å². The van der Waals surface area contributed by atoms with E-state index in [0.29, 0.717) is 25.2 Å². The van der Waals surface area contributed by atoms with Gasteiger partial charge in [-0.15, -0.1) is 0 Å². The molecule has 2 N–H and O–H groups in total. The molecule has 1 aliphatic rings. The molecule has 1 aromatic carbocycles. The topological polar surface area (TPSA) is 70.4 Å². The average Bonchev–Trinajstić information content (AvgIpc) is 3.16. The van der Waals surface area contributed by atoms with E-state index in [1.807, 2.05) is 18.3 Å². The number of aliphatic hydroxyl groups excluding tert-OH is 1. The van der Waals surface area contributed by atoms with Crippen molar-refractivity contribution in [2.24, 2.45) is 5.92 Å². The summed E-state index contributed by atoms with van der Waals surface area (Å²) < 4.78 is 15.3. The van der Waals surface area contributed by atoms with Gasteiger partial charge >= 0.3 is 0 Å². The fraction of sp³-hybridized carbons (Fsp3) is 0.500. The number of halogens is 1. The van der Waals surface area contributed by atoms with Crippen LogP contribution in [-0.4, -0.2) is 51.4 Å². The normalized spacial score (nSPS) is 17.0. The number of aryl methyl sites for hydroxylation is 1. The molecule has 2 aromatic rings. The lowest BCUT2D eigenvalue weighted by molar-refractivity contribution is -0.126. The minimum Gasteiger partial charge on any atom is -0.390 e. The van der Waals surface area contributed by atoms with Crippen molar-refractivity contribution in [1.29, 1.82) is 0 Å². The van der Waals surface area contributed by atoms with Crippen LogP contribution in [0, 0.1) is 18.7 Å². The molecule has 1 aromatic heterocycles. The van der Waals surface area contributed by atoms with E-state index in [1.165, 1.54) is 6.07 Å². The number of aromatic nitrogens is 2. The van der Waals surface area contributed by atoms with Crippen LogP contribution in [-0.2, 0) is 17.9 Å². The molecule has 0 radical (unpaired) electrons. The van der Waals surface area contributed by atoms with Crippen molar-refractivity contribution in [2.75, 3.05) is 19.6 Å². The molecule has 1 atom stereocenters. The molecular weight excluding hydrogens is 347 g/mol. The second kappa shape index (κ2) is 9.10. The van der Waals surface area contributed by atoms with E-state index in [9.17, 15) is 14.3 Å². The molecule has 0 bridgehead atoms. The number of aliphatic hydroxyl groups is 1. The number of carbonyl (C=O) groups excluding carboxylic acids is 1. The lowest BCUT2D eigenvalue weighted by Crippen LogP contribution is -2.43. The van der Waals surface area contributed by atoms with Crippen LogP contribution >= 0.6 is 0 Å². The maximum atomic E-state index is 13.6. The highest BCUT2D eigenvalue weighted by Crippen LogP contribution is 2.18. The Morgan fingerprint density at radius 1 is 1.37 bits per heavy atom. The minimum atomic E-state index is -0.480. The monoisotopic (exact) mass is 374 g/mol. The Morgan fingerprint density at radius 2 is 2.15 bits per heavy atom. The van der Waals surface area contributed by atoms with Crippen molar-refractivity contribution in [3.63, 3.8) is 0 Å². The van der Waals surface area contributed by atoms with Crippen molar-refractivity contribution < 1.29 is 14.3 Å². The number of nitrogens with one attached hydrogen (secondary N) is 1. The molecular formula is C20H27FN4O2. The predicted octanol–water partition coefficient (Wildman–Crippen LogP) is 1.72. The van der Waals surface area contributed by atoms with Crippen LogP contribution in [0.1, 0.15) is 24.0 Å². The molecule has 0 saturated carbocycles. The summed E-state index contributed by atoms with van der Waals surface area (Å²) in [7, 11) is 0. The predicted molar refractivity (Wildman–Crippen MR) is 100 cm³/mol. The molecule has 6 nitrogen and oxygen atoms in total. The Kier molecular flexibility index (Phi) is 6.58. The van der Waals surface area contributed by atoms with Gasteiger partial charge in [0.25, 0.3) is 0 Å². The van der Waals surface area contributed by atoms with Gasteiger partial charge in [0.2, 0.25) is 5.91 Å². The van der Waals surface area contributed by atoms with Crippen LogP contribution in [0.25, 0.3) is 0 Å². The molecule has 0 spiro atoms. The number of piperidine rings is 1. The van der Waals surface area contributed by atoms with Crippen molar-refractivity contribution in [3.8, 4) is 0 Å². The summed E-state index contributed by atoms with van der Waals surface area (Å²) >= 11 is 0. The SMILES string of the molecule is Cc1ccc(CNC(=O)C2CCN(C[C@@H](O)Cn3cccn3)CC2)cc1F. The maximum Gasteiger partial charge on any atom is 0.223 e. The maximum absolute atomic E-state index is 13.6. The van der Waals surface area contributed by atoms with Crippen molar-refractivity contribution in [1.82, 2.24) is 20.0 Å². The van der Waals surface area contributed by atoms with E-state index in [4.69, 9.17) is 0 Å². The number of amides is 1. The second-order valence-electron chi connectivity index (χ2n) is 7.26. The summed E-state index contributed by atoms with van der Waals surface area (Å²) in [5, 5.41) is 17.2. The molecule has 7 heteroatoms. The first-order valence-electron chi connectivity index (χ1n) is 9.42. The van der Waals surface area contributed by atoms with Crippen LogP contribution in [0.5, 0.6) is 0 Å². The molecule has 0 unspecified atom stereocenters. The third-order valence-electron chi connectivity index (χ3n) is 5.09. The largest absolute Gasteiger partial charge is 0.390 e. The lowest BCUT2D eigenvalue weighted by Gasteiger charge is -2.32. The molecule has 3 rings (SSSR count). The van der Waals surface area contributed by atoms with Crippen molar-refractivity contribution in [2.45, 2.75) is 39.0 Å². The van der Waals surface area contributed by atoms with Gasteiger partial charge < -0.3 is 15.3 Å². The summed E-state index contributed by atoms with van der Waals surface area (Å²) in [5.74, 6) is -0.253. The van der Waals surface area contributed by atoms with Crippen LogP contribution in [0.4, 0.5) is 4.39 Å². The highest BCUT2D eigenvalue weighted by Gasteiger charge is 2.25. The Balaban J connectivity index is 1.39. The zero-order valence-corrected chi connectivity index (χ0v) is 15.6. The molecule has 1 fully saturated rings. The number of hydrogen-bond donors (Lipinski definition) is 2. The van der Waals surface area contributed by atoms with Crippen LogP contribution < -0.4 is 5.32 Å². The van der Waals surface area contributed by atoms with Crippen LogP contribution in [0.15, 0.2) is 36.7 Å². The Bertz CT molecular complexity index is 742. The van der Waals surface area contributed by atoms with Gasteiger partial charge in [-0.25, -0.2) is 4.39 Å². The van der Waals surface area contributed by atoms with Crippen molar-refractivity contribution in [3.05, 3.63) is 53.6 Å². The molecule has 27 heavy (non-hydrogen) atoms. The summed E-state index contributed by atoms with van der Waals surface area (Å²) in [4.78, 5) is 14.6. The van der Waals surface area contributed by atoms with Crippen LogP contribution in [0.2, 0.25) is 0 Å². The Hall–Kier alpha value is -2.25. The fourth-order valence-corrected chi connectivity index (χ4v) is 3.44. The average molecular weight is 374 g/mol. The smallest absolute Gasteiger partial charge is 0.223 e.